The van der Waals surface area contributed by atoms with Crippen molar-refractivity contribution in [2.75, 3.05) is 5.32 Å². The zero-order chi connectivity index (χ0) is 11.9. The Balaban J connectivity index is 2.25. The lowest BCUT2D eigenvalue weighted by Crippen LogP contribution is -2.30. The molecule has 2 heterocycles. The number of fused-ring (bicyclic) bond motifs is 1. The van der Waals surface area contributed by atoms with E-state index in [2.05, 4.69) is 10.1 Å². The largest absolute Gasteiger partial charge is 0.471 e. The van der Waals surface area contributed by atoms with E-state index in [4.69, 9.17) is 0 Å². The van der Waals surface area contributed by atoms with Gasteiger partial charge in [-0.3, -0.25) is 10.1 Å². The van der Waals surface area contributed by atoms with Gasteiger partial charge in [-0.2, -0.15) is 18.2 Å². The van der Waals surface area contributed by atoms with E-state index in [9.17, 15) is 18.0 Å². The topological polar surface area (TPSA) is 59.3 Å². The van der Waals surface area contributed by atoms with E-state index < -0.39 is 12.1 Å². The average molecular weight is 250 g/mol. The number of thiazole rings is 1. The van der Waals surface area contributed by atoms with Gasteiger partial charge in [0.05, 0.1) is 5.69 Å². The zero-order valence-corrected chi connectivity index (χ0v) is 8.69. The molecule has 0 spiro atoms. The van der Waals surface area contributed by atoms with Gasteiger partial charge >= 0.3 is 12.1 Å². The fraction of sp³-hybridized carbons (Fsp3) is 0.286. The smallest absolute Gasteiger partial charge is 0.285 e. The first-order chi connectivity index (χ1) is 7.38. The van der Waals surface area contributed by atoms with Crippen LogP contribution in [0.2, 0.25) is 0 Å². The number of nitrogens with one attached hydrogen (secondary N) is 1. The maximum Gasteiger partial charge on any atom is 0.471 e. The minimum Gasteiger partial charge on any atom is -0.285 e. The molecule has 0 aromatic carbocycles. The molecule has 2 rings (SSSR count). The summed E-state index contributed by atoms with van der Waals surface area (Å²) in [4.78, 5) is 14.7. The first-order valence-corrected chi connectivity index (χ1v) is 4.95. The van der Waals surface area contributed by atoms with E-state index in [1.807, 2.05) is 0 Å². The number of anilines is 1. The molecule has 0 radical (unpaired) electrons. The van der Waals surface area contributed by atoms with Crippen molar-refractivity contribution in [3.8, 4) is 0 Å². The highest BCUT2D eigenvalue weighted by Crippen LogP contribution is 2.19. The number of nitrogens with zero attached hydrogens (tertiary/aromatic N) is 3. The average Bonchev–Trinajstić information content (AvgIpc) is 2.67. The molecular formula is C7H5F3N4OS. The molecule has 0 unspecified atom stereocenters. The predicted octanol–water partition coefficient (Wildman–Crippen LogP) is 1.60. The maximum atomic E-state index is 11.9. The molecule has 0 aliphatic rings. The van der Waals surface area contributed by atoms with Gasteiger partial charge in [-0.25, -0.2) is 4.52 Å². The van der Waals surface area contributed by atoms with Crippen LogP contribution in [-0.2, 0) is 4.79 Å². The lowest BCUT2D eigenvalue weighted by Gasteiger charge is -2.03. The fourth-order valence-corrected chi connectivity index (χ4v) is 1.82. The van der Waals surface area contributed by atoms with Crippen LogP contribution in [0.1, 0.15) is 5.69 Å². The summed E-state index contributed by atoms with van der Waals surface area (Å²) in [5.74, 6) is -2.43. The van der Waals surface area contributed by atoms with Gasteiger partial charge < -0.3 is 0 Å². The van der Waals surface area contributed by atoms with Gasteiger partial charge in [0.15, 0.2) is 0 Å². The lowest BCUT2D eigenvalue weighted by molar-refractivity contribution is -0.167. The number of hydrogen-bond donors (Lipinski definition) is 1. The molecule has 0 bridgehead atoms. The molecule has 1 amide bonds. The summed E-state index contributed by atoms with van der Waals surface area (Å²) in [5, 5.41) is 7.05. The molecule has 2 aromatic heterocycles. The van der Waals surface area contributed by atoms with E-state index >= 15 is 0 Å². The summed E-state index contributed by atoms with van der Waals surface area (Å²) in [7, 11) is 0. The fourth-order valence-electron chi connectivity index (χ4n) is 1.02. The number of carbonyl (C=O) groups is 1. The molecule has 0 saturated heterocycles. The SMILES string of the molecule is Cc1csc2nc(NC(=O)C(F)(F)F)nn12. The Hall–Kier alpha value is -1.64. The maximum absolute atomic E-state index is 11.9. The first kappa shape index (κ1) is 10.9. The highest BCUT2D eigenvalue weighted by Gasteiger charge is 2.39. The molecule has 0 aliphatic heterocycles. The van der Waals surface area contributed by atoms with Crippen LogP contribution in [0.15, 0.2) is 5.38 Å². The van der Waals surface area contributed by atoms with Crippen molar-refractivity contribution >= 4 is 28.2 Å². The second-order valence-electron chi connectivity index (χ2n) is 2.96. The molecule has 86 valence electrons. The minimum absolute atomic E-state index is 0.350. The monoisotopic (exact) mass is 250 g/mol. The van der Waals surface area contributed by atoms with Crippen LogP contribution in [0.5, 0.6) is 0 Å². The third-order valence-electron chi connectivity index (χ3n) is 1.73. The third kappa shape index (κ3) is 1.85. The van der Waals surface area contributed by atoms with Crippen LogP contribution >= 0.6 is 11.3 Å². The van der Waals surface area contributed by atoms with Crippen LogP contribution in [0.25, 0.3) is 4.96 Å². The number of carbonyl (C=O) groups excluding carboxylic acids is 1. The van der Waals surface area contributed by atoms with E-state index in [0.717, 1.165) is 5.69 Å². The summed E-state index contributed by atoms with van der Waals surface area (Å²) in [5.41, 5.74) is 0.736. The second kappa shape index (κ2) is 3.44. The van der Waals surface area contributed by atoms with Crippen LogP contribution in [0, 0.1) is 6.92 Å². The van der Waals surface area contributed by atoms with E-state index in [0.29, 0.717) is 4.96 Å². The standard InChI is InChI=1S/C7H5F3N4OS/c1-3-2-16-6-12-5(13-14(3)6)11-4(15)7(8,9)10/h2H,1H3,(H,11,13,15). The molecule has 0 aliphatic carbocycles. The molecule has 16 heavy (non-hydrogen) atoms. The van der Waals surface area contributed by atoms with Gasteiger partial charge in [0, 0.05) is 5.38 Å². The molecule has 0 saturated carbocycles. The molecule has 9 heteroatoms. The van der Waals surface area contributed by atoms with Gasteiger partial charge in [-0.05, 0) is 6.92 Å². The summed E-state index contributed by atoms with van der Waals surface area (Å²) in [6, 6.07) is 0. The molecule has 2 aromatic rings. The van der Waals surface area contributed by atoms with E-state index in [-0.39, 0.29) is 5.95 Å². The summed E-state index contributed by atoms with van der Waals surface area (Å²) in [6.45, 7) is 1.73. The number of rotatable bonds is 1. The van der Waals surface area contributed by atoms with Gasteiger partial charge in [-0.1, -0.05) is 0 Å². The number of aromatic nitrogens is 3. The summed E-state index contributed by atoms with van der Waals surface area (Å²) >= 11 is 1.23. The lowest BCUT2D eigenvalue weighted by atomic mass is 10.6. The highest BCUT2D eigenvalue weighted by molar-refractivity contribution is 7.15. The van der Waals surface area contributed by atoms with Crippen molar-refractivity contribution in [2.45, 2.75) is 13.1 Å². The van der Waals surface area contributed by atoms with Gasteiger partial charge in [0.25, 0.3) is 5.95 Å². The van der Waals surface area contributed by atoms with Gasteiger partial charge in [0.2, 0.25) is 4.96 Å². The molecule has 5 nitrogen and oxygen atoms in total. The van der Waals surface area contributed by atoms with Crippen molar-refractivity contribution in [2.24, 2.45) is 0 Å². The summed E-state index contributed by atoms with van der Waals surface area (Å²) < 4.78 is 37.1. The Labute approximate surface area is 90.9 Å². The van der Waals surface area contributed by atoms with E-state index in [1.54, 1.807) is 17.6 Å². The number of alkyl halides is 3. The molecule has 0 atom stereocenters. The quantitative estimate of drug-likeness (QED) is 0.836. The number of aryl methyl sites for hydroxylation is 1. The van der Waals surface area contributed by atoms with Gasteiger partial charge in [0.1, 0.15) is 0 Å². The van der Waals surface area contributed by atoms with Crippen LogP contribution in [0.4, 0.5) is 19.1 Å². The normalized spacial score (nSPS) is 12.0. The van der Waals surface area contributed by atoms with E-state index in [1.165, 1.54) is 15.9 Å². The van der Waals surface area contributed by atoms with Crippen molar-refractivity contribution in [1.29, 1.82) is 0 Å². The Morgan fingerprint density at radius 1 is 1.56 bits per heavy atom. The van der Waals surface area contributed by atoms with Crippen LogP contribution < -0.4 is 5.32 Å². The van der Waals surface area contributed by atoms with Crippen molar-refractivity contribution < 1.29 is 18.0 Å². The molecule has 0 fully saturated rings. The Morgan fingerprint density at radius 2 is 2.25 bits per heavy atom. The Morgan fingerprint density at radius 3 is 2.81 bits per heavy atom. The number of halogens is 3. The van der Waals surface area contributed by atoms with Crippen LogP contribution in [-0.4, -0.2) is 26.7 Å². The highest BCUT2D eigenvalue weighted by atomic mass is 32.1. The Bertz CT molecular complexity index is 543. The van der Waals surface area contributed by atoms with Crippen molar-refractivity contribution in [3.63, 3.8) is 0 Å². The Kier molecular flexibility index (Phi) is 2.34. The summed E-state index contributed by atoms with van der Waals surface area (Å²) in [6.07, 6.45) is -4.94. The molecule has 1 N–H and O–H groups in total. The number of hydrogen-bond acceptors (Lipinski definition) is 4. The third-order valence-corrected chi connectivity index (χ3v) is 2.66. The first-order valence-electron chi connectivity index (χ1n) is 4.07. The number of amides is 1. The van der Waals surface area contributed by atoms with Crippen molar-refractivity contribution in [1.82, 2.24) is 14.6 Å². The zero-order valence-electron chi connectivity index (χ0n) is 7.87. The minimum atomic E-state index is -4.94. The van der Waals surface area contributed by atoms with Gasteiger partial charge in [-0.15, -0.1) is 16.4 Å². The molecular weight excluding hydrogens is 245 g/mol. The van der Waals surface area contributed by atoms with Crippen LogP contribution in [0.3, 0.4) is 0 Å². The van der Waals surface area contributed by atoms with Crippen molar-refractivity contribution in [3.05, 3.63) is 11.1 Å². The second-order valence-corrected chi connectivity index (χ2v) is 3.80. The predicted molar refractivity (Wildman–Crippen MR) is 50.3 cm³/mol.